The van der Waals surface area contributed by atoms with Crippen molar-refractivity contribution in [2.24, 2.45) is 11.1 Å². The van der Waals surface area contributed by atoms with Gasteiger partial charge in [0.1, 0.15) is 5.75 Å². The second-order valence-corrected chi connectivity index (χ2v) is 6.22. The molecule has 0 radical (unpaired) electrons. The van der Waals surface area contributed by atoms with Crippen LogP contribution < -0.4 is 10.5 Å². The summed E-state index contributed by atoms with van der Waals surface area (Å²) in [5.74, 6) is 1.04. The van der Waals surface area contributed by atoms with Crippen molar-refractivity contribution in [3.8, 4) is 5.75 Å². The van der Waals surface area contributed by atoms with Crippen LogP contribution in [0.1, 0.15) is 47.9 Å². The number of nitrogens with two attached hydrogens (primary N) is 1. The van der Waals surface area contributed by atoms with Crippen LogP contribution in [0.5, 0.6) is 5.75 Å². The zero-order chi connectivity index (χ0) is 14.0. The highest BCUT2D eigenvalue weighted by Crippen LogP contribution is 2.41. The highest BCUT2D eigenvalue weighted by Gasteiger charge is 2.33. The minimum absolute atomic E-state index is 0.345. The summed E-state index contributed by atoms with van der Waals surface area (Å²) in [5.41, 5.74) is 11.8. The first-order valence-corrected chi connectivity index (χ1v) is 7.37. The zero-order valence-electron chi connectivity index (χ0n) is 12.8. The Morgan fingerprint density at radius 1 is 1.16 bits per heavy atom. The lowest BCUT2D eigenvalue weighted by Gasteiger charge is -2.29. The molecule has 1 aliphatic carbocycles. The molecule has 1 aromatic carbocycles. The Bertz CT molecular complexity index is 459. The molecule has 0 atom stereocenters. The molecule has 19 heavy (non-hydrogen) atoms. The predicted octanol–water partition coefficient (Wildman–Crippen LogP) is 3.68. The Kier molecular flexibility index (Phi) is 4.19. The average Bonchev–Trinajstić information content (AvgIpc) is 2.85. The van der Waals surface area contributed by atoms with Crippen LogP contribution in [0.15, 0.2) is 6.07 Å². The maximum Gasteiger partial charge on any atom is 0.124 e. The van der Waals surface area contributed by atoms with Gasteiger partial charge >= 0.3 is 0 Å². The second-order valence-electron chi connectivity index (χ2n) is 6.22. The Balaban J connectivity index is 2.35. The average molecular weight is 261 g/mol. The second kappa shape index (κ2) is 5.54. The number of rotatable bonds is 4. The van der Waals surface area contributed by atoms with E-state index >= 15 is 0 Å². The molecular formula is C17H27NO. The van der Waals surface area contributed by atoms with Crippen molar-refractivity contribution in [1.29, 1.82) is 0 Å². The van der Waals surface area contributed by atoms with Gasteiger partial charge in [-0.3, -0.25) is 0 Å². The maximum absolute atomic E-state index is 6.07. The molecule has 2 rings (SSSR count). The van der Waals surface area contributed by atoms with Crippen LogP contribution in [-0.2, 0) is 6.42 Å². The van der Waals surface area contributed by atoms with Crippen molar-refractivity contribution in [1.82, 2.24) is 0 Å². The van der Waals surface area contributed by atoms with Crippen molar-refractivity contribution in [2.75, 3.05) is 13.7 Å². The van der Waals surface area contributed by atoms with Gasteiger partial charge in [0.15, 0.2) is 0 Å². The molecule has 0 unspecified atom stereocenters. The van der Waals surface area contributed by atoms with E-state index in [4.69, 9.17) is 10.5 Å². The van der Waals surface area contributed by atoms with Crippen LogP contribution in [0, 0.1) is 26.2 Å². The lowest BCUT2D eigenvalue weighted by atomic mass is 9.78. The van der Waals surface area contributed by atoms with Gasteiger partial charge in [-0.05, 0) is 74.2 Å². The SMILES string of the molecule is COc1c(C)cc(CC2(CN)CCCC2)c(C)c1C. The van der Waals surface area contributed by atoms with Gasteiger partial charge in [-0.2, -0.15) is 0 Å². The van der Waals surface area contributed by atoms with E-state index in [0.717, 1.165) is 18.7 Å². The summed E-state index contributed by atoms with van der Waals surface area (Å²) in [5, 5.41) is 0. The quantitative estimate of drug-likeness (QED) is 0.897. The monoisotopic (exact) mass is 261 g/mol. The Labute approximate surface area is 117 Å². The highest BCUT2D eigenvalue weighted by atomic mass is 16.5. The molecule has 0 heterocycles. The Morgan fingerprint density at radius 3 is 2.32 bits per heavy atom. The summed E-state index contributed by atoms with van der Waals surface area (Å²) in [6, 6.07) is 2.30. The Hall–Kier alpha value is -1.02. The maximum atomic E-state index is 6.07. The van der Waals surface area contributed by atoms with Gasteiger partial charge in [0.25, 0.3) is 0 Å². The lowest BCUT2D eigenvalue weighted by molar-refractivity contribution is 0.305. The molecule has 0 saturated heterocycles. The summed E-state index contributed by atoms with van der Waals surface area (Å²) in [7, 11) is 1.76. The fraction of sp³-hybridized carbons (Fsp3) is 0.647. The van der Waals surface area contributed by atoms with Crippen LogP contribution >= 0.6 is 0 Å². The van der Waals surface area contributed by atoms with E-state index in [2.05, 4.69) is 26.8 Å². The van der Waals surface area contributed by atoms with Crippen LogP contribution in [-0.4, -0.2) is 13.7 Å². The summed E-state index contributed by atoms with van der Waals surface area (Å²) in [6.07, 6.45) is 6.37. The van der Waals surface area contributed by atoms with Gasteiger partial charge in [0.2, 0.25) is 0 Å². The van der Waals surface area contributed by atoms with Crippen molar-refractivity contribution in [3.63, 3.8) is 0 Å². The standard InChI is InChI=1S/C17H27NO/c1-12-9-15(13(2)14(3)16(12)19-4)10-17(11-18)7-5-6-8-17/h9H,5-8,10-11,18H2,1-4H3. The van der Waals surface area contributed by atoms with Gasteiger partial charge in [-0.1, -0.05) is 18.9 Å². The molecule has 2 heteroatoms. The summed E-state index contributed by atoms with van der Waals surface area (Å²) in [6.45, 7) is 7.33. The number of methoxy groups -OCH3 is 1. The van der Waals surface area contributed by atoms with Gasteiger partial charge in [0, 0.05) is 0 Å². The summed E-state index contributed by atoms with van der Waals surface area (Å²) in [4.78, 5) is 0. The fourth-order valence-electron chi connectivity index (χ4n) is 3.62. The van der Waals surface area contributed by atoms with Crippen LogP contribution in [0.4, 0.5) is 0 Å². The van der Waals surface area contributed by atoms with Crippen molar-refractivity contribution < 1.29 is 4.74 Å². The number of benzene rings is 1. The summed E-state index contributed by atoms with van der Waals surface area (Å²) >= 11 is 0. The molecule has 1 aromatic rings. The topological polar surface area (TPSA) is 35.2 Å². The van der Waals surface area contributed by atoms with Gasteiger partial charge in [0.05, 0.1) is 7.11 Å². The third kappa shape index (κ3) is 2.64. The molecule has 0 bridgehead atoms. The molecule has 0 aliphatic heterocycles. The predicted molar refractivity (Wildman–Crippen MR) is 80.9 cm³/mol. The fourth-order valence-corrected chi connectivity index (χ4v) is 3.62. The van der Waals surface area contributed by atoms with E-state index < -0.39 is 0 Å². The lowest BCUT2D eigenvalue weighted by Crippen LogP contribution is -2.30. The molecule has 106 valence electrons. The Morgan fingerprint density at radius 2 is 1.79 bits per heavy atom. The molecule has 0 amide bonds. The molecule has 1 saturated carbocycles. The molecule has 2 N–H and O–H groups in total. The number of hydrogen-bond acceptors (Lipinski definition) is 2. The van der Waals surface area contributed by atoms with E-state index in [1.807, 2.05) is 0 Å². The van der Waals surface area contributed by atoms with Crippen LogP contribution in [0.3, 0.4) is 0 Å². The van der Waals surface area contributed by atoms with E-state index in [9.17, 15) is 0 Å². The third-order valence-corrected chi connectivity index (χ3v) is 5.00. The molecular weight excluding hydrogens is 234 g/mol. The summed E-state index contributed by atoms with van der Waals surface area (Å²) < 4.78 is 5.51. The minimum atomic E-state index is 0.345. The van der Waals surface area contributed by atoms with Crippen LogP contribution in [0.25, 0.3) is 0 Å². The molecule has 0 aromatic heterocycles. The first-order valence-electron chi connectivity index (χ1n) is 7.37. The normalized spacial score (nSPS) is 17.7. The van der Waals surface area contributed by atoms with Crippen LogP contribution in [0.2, 0.25) is 0 Å². The zero-order valence-corrected chi connectivity index (χ0v) is 12.8. The van der Waals surface area contributed by atoms with E-state index in [-0.39, 0.29) is 0 Å². The number of ether oxygens (including phenoxy) is 1. The molecule has 0 spiro atoms. The van der Waals surface area contributed by atoms with Gasteiger partial charge in [-0.25, -0.2) is 0 Å². The van der Waals surface area contributed by atoms with Crippen molar-refractivity contribution in [2.45, 2.75) is 52.9 Å². The van der Waals surface area contributed by atoms with Crippen molar-refractivity contribution in [3.05, 3.63) is 28.3 Å². The van der Waals surface area contributed by atoms with Gasteiger partial charge in [-0.15, -0.1) is 0 Å². The van der Waals surface area contributed by atoms with Crippen molar-refractivity contribution >= 4 is 0 Å². The van der Waals surface area contributed by atoms with E-state index in [1.54, 1.807) is 7.11 Å². The van der Waals surface area contributed by atoms with E-state index in [0.29, 0.717) is 5.41 Å². The number of aryl methyl sites for hydroxylation is 1. The van der Waals surface area contributed by atoms with E-state index in [1.165, 1.54) is 47.9 Å². The minimum Gasteiger partial charge on any atom is -0.496 e. The first kappa shape index (κ1) is 14.4. The van der Waals surface area contributed by atoms with Gasteiger partial charge < -0.3 is 10.5 Å². The molecule has 2 nitrogen and oxygen atoms in total. The molecule has 1 fully saturated rings. The largest absolute Gasteiger partial charge is 0.496 e. The number of hydrogen-bond donors (Lipinski definition) is 1. The highest BCUT2D eigenvalue weighted by molar-refractivity contribution is 5.49. The third-order valence-electron chi connectivity index (χ3n) is 5.00. The molecule has 1 aliphatic rings. The smallest absolute Gasteiger partial charge is 0.124 e. The first-order chi connectivity index (χ1) is 9.03.